The van der Waals surface area contributed by atoms with Gasteiger partial charge in [0.2, 0.25) is 0 Å². The molecule has 0 heterocycles. The summed E-state index contributed by atoms with van der Waals surface area (Å²) in [6.45, 7) is 8.13. The van der Waals surface area contributed by atoms with Gasteiger partial charge in [0.25, 0.3) is 0 Å². The van der Waals surface area contributed by atoms with Crippen molar-refractivity contribution in [2.75, 3.05) is 0 Å². The predicted molar refractivity (Wildman–Crippen MR) is 179 cm³/mol. The fraction of sp³-hybridized carbons (Fsp3) is 0.100. The molecule has 202 valence electrons. The second-order valence-electron chi connectivity index (χ2n) is 11.7. The molecule has 8 aromatic carbocycles. The number of benzene rings is 8. The molecule has 0 spiro atoms. The van der Waals surface area contributed by atoms with Crippen LogP contribution in [0.25, 0.3) is 75.8 Å². The fourth-order valence-electron chi connectivity index (χ4n) is 7.20. The highest BCUT2D eigenvalue weighted by atomic mass is 16.3. The quantitative estimate of drug-likeness (QED) is 0.203. The summed E-state index contributed by atoms with van der Waals surface area (Å²) in [5, 5.41) is 37.4. The van der Waals surface area contributed by atoms with E-state index in [0.29, 0.717) is 11.1 Å². The van der Waals surface area contributed by atoms with Crippen LogP contribution in [0.4, 0.5) is 0 Å². The highest BCUT2D eigenvalue weighted by Gasteiger charge is 2.26. The van der Waals surface area contributed by atoms with E-state index in [1.165, 1.54) is 0 Å². The van der Waals surface area contributed by atoms with Crippen LogP contribution in [-0.4, -0.2) is 10.2 Å². The Bertz CT molecular complexity index is 2290. The number of rotatable bonds is 1. The van der Waals surface area contributed by atoms with Crippen molar-refractivity contribution >= 4 is 64.6 Å². The lowest BCUT2D eigenvalue weighted by atomic mass is 9.82. The molecule has 2 heteroatoms. The number of hydrogen-bond acceptors (Lipinski definition) is 2. The molecule has 0 unspecified atom stereocenters. The first-order valence-corrected chi connectivity index (χ1v) is 14.5. The van der Waals surface area contributed by atoms with Crippen LogP contribution in [0.5, 0.6) is 11.5 Å². The molecule has 0 aliphatic rings. The van der Waals surface area contributed by atoms with Gasteiger partial charge in [0.15, 0.2) is 0 Å². The third kappa shape index (κ3) is 3.15. The molecule has 0 aliphatic carbocycles. The van der Waals surface area contributed by atoms with Crippen molar-refractivity contribution in [3.8, 4) is 22.6 Å². The van der Waals surface area contributed by atoms with Gasteiger partial charge in [-0.15, -0.1) is 0 Å². The summed E-state index contributed by atoms with van der Waals surface area (Å²) in [6, 6.07) is 34.2. The Kier molecular flexibility index (Phi) is 5.12. The fourth-order valence-corrected chi connectivity index (χ4v) is 7.20. The van der Waals surface area contributed by atoms with Gasteiger partial charge in [0.1, 0.15) is 11.5 Å². The second kappa shape index (κ2) is 8.71. The summed E-state index contributed by atoms with van der Waals surface area (Å²) in [4.78, 5) is 0. The van der Waals surface area contributed by atoms with E-state index in [2.05, 4.69) is 111 Å². The Morgan fingerprint density at radius 3 is 1.12 bits per heavy atom. The van der Waals surface area contributed by atoms with Crippen LogP contribution in [0, 0.1) is 27.7 Å². The SMILES string of the molecule is Cc1c(O)c(-c2c(O)c(C)c(C)c3ccc4ccc5ccccc5c4c23)c2c(ccc3ccc4ccccc4c32)c1C. The third-order valence-corrected chi connectivity index (χ3v) is 9.69. The maximum Gasteiger partial charge on any atom is 0.127 e. The number of phenolic OH excluding ortho intramolecular Hbond substituents is 2. The Labute approximate surface area is 244 Å². The van der Waals surface area contributed by atoms with Crippen molar-refractivity contribution in [3.05, 3.63) is 119 Å². The first-order valence-electron chi connectivity index (χ1n) is 14.5. The Balaban J connectivity index is 1.74. The molecule has 0 atom stereocenters. The van der Waals surface area contributed by atoms with Crippen LogP contribution in [0.1, 0.15) is 22.3 Å². The lowest BCUT2D eigenvalue weighted by Crippen LogP contribution is -1.97. The molecule has 0 bridgehead atoms. The predicted octanol–water partition coefficient (Wildman–Crippen LogP) is 10.9. The van der Waals surface area contributed by atoms with E-state index < -0.39 is 0 Å². The average Bonchev–Trinajstić information content (AvgIpc) is 3.03. The van der Waals surface area contributed by atoms with Gasteiger partial charge < -0.3 is 10.2 Å². The van der Waals surface area contributed by atoms with Crippen LogP contribution < -0.4 is 0 Å². The molecule has 2 N–H and O–H groups in total. The highest BCUT2D eigenvalue weighted by molar-refractivity contribution is 6.31. The van der Waals surface area contributed by atoms with Crippen LogP contribution in [-0.2, 0) is 0 Å². The van der Waals surface area contributed by atoms with Crippen molar-refractivity contribution in [2.45, 2.75) is 27.7 Å². The van der Waals surface area contributed by atoms with E-state index >= 15 is 0 Å². The number of phenols is 2. The molecule has 8 aromatic rings. The smallest absolute Gasteiger partial charge is 0.127 e. The number of fused-ring (bicyclic) bond motifs is 10. The number of aryl methyl sites for hydroxylation is 2. The molecule has 42 heavy (non-hydrogen) atoms. The summed E-state index contributed by atoms with van der Waals surface area (Å²) in [7, 11) is 0. The summed E-state index contributed by atoms with van der Waals surface area (Å²) in [5.41, 5.74) is 5.14. The normalized spacial score (nSPS) is 12.0. The molecule has 0 fully saturated rings. The van der Waals surface area contributed by atoms with Crippen molar-refractivity contribution in [2.24, 2.45) is 0 Å². The first kappa shape index (κ1) is 24.7. The van der Waals surface area contributed by atoms with Crippen molar-refractivity contribution in [3.63, 3.8) is 0 Å². The molecular formula is C40H30O2. The second-order valence-corrected chi connectivity index (χ2v) is 11.7. The van der Waals surface area contributed by atoms with Crippen molar-refractivity contribution in [1.82, 2.24) is 0 Å². The average molecular weight is 543 g/mol. The molecule has 8 rings (SSSR count). The molecule has 2 nitrogen and oxygen atoms in total. The molecule has 0 aliphatic heterocycles. The van der Waals surface area contributed by atoms with Gasteiger partial charge in [-0.25, -0.2) is 0 Å². The number of hydrogen-bond donors (Lipinski definition) is 2. The largest absolute Gasteiger partial charge is 0.507 e. The minimum atomic E-state index is 0.220. The highest BCUT2D eigenvalue weighted by Crippen LogP contribution is 2.53. The van der Waals surface area contributed by atoms with Gasteiger partial charge in [-0.05, 0) is 104 Å². The lowest BCUT2D eigenvalue weighted by molar-refractivity contribution is 0.465. The molecule has 0 saturated heterocycles. The van der Waals surface area contributed by atoms with Gasteiger partial charge in [0, 0.05) is 21.9 Å². The zero-order chi connectivity index (χ0) is 28.9. The Hall–Kier alpha value is -5.08. The van der Waals surface area contributed by atoms with Crippen molar-refractivity contribution in [1.29, 1.82) is 0 Å². The zero-order valence-corrected chi connectivity index (χ0v) is 24.1. The monoisotopic (exact) mass is 542 g/mol. The maximum atomic E-state index is 12.2. The molecular weight excluding hydrogens is 512 g/mol. The Morgan fingerprint density at radius 1 is 0.333 bits per heavy atom. The van der Waals surface area contributed by atoms with Crippen molar-refractivity contribution < 1.29 is 10.2 Å². The summed E-state index contributed by atoms with van der Waals surface area (Å²) in [5.74, 6) is 0.440. The van der Waals surface area contributed by atoms with Crippen LogP contribution in [0.15, 0.2) is 97.1 Å². The van der Waals surface area contributed by atoms with E-state index in [1.807, 2.05) is 13.8 Å². The van der Waals surface area contributed by atoms with Crippen LogP contribution in [0.2, 0.25) is 0 Å². The lowest BCUT2D eigenvalue weighted by Gasteiger charge is -2.23. The topological polar surface area (TPSA) is 40.5 Å². The van der Waals surface area contributed by atoms with Gasteiger partial charge in [-0.3, -0.25) is 0 Å². The van der Waals surface area contributed by atoms with E-state index in [-0.39, 0.29) is 11.5 Å². The standard InChI is InChI=1S/C40H30O2/c1-21-23(3)39(41)37(35-29(21)19-17-27-15-13-25-9-5-7-11-31(25)33(27)35)38-36-30(22(2)24(4)40(38)42)20-18-28-16-14-26-10-6-8-12-32(26)34(28)36/h5-20,41-42H,1-4H3. The van der Waals surface area contributed by atoms with Gasteiger partial charge >= 0.3 is 0 Å². The molecule has 0 amide bonds. The summed E-state index contributed by atoms with van der Waals surface area (Å²) >= 11 is 0. The van der Waals surface area contributed by atoms with E-state index in [0.717, 1.165) is 86.9 Å². The van der Waals surface area contributed by atoms with Crippen LogP contribution in [0.3, 0.4) is 0 Å². The molecule has 0 radical (unpaired) electrons. The first-order chi connectivity index (χ1) is 20.4. The minimum Gasteiger partial charge on any atom is -0.507 e. The van der Waals surface area contributed by atoms with Gasteiger partial charge in [0.05, 0.1) is 0 Å². The summed E-state index contributed by atoms with van der Waals surface area (Å²) < 4.78 is 0. The zero-order valence-electron chi connectivity index (χ0n) is 24.1. The van der Waals surface area contributed by atoms with Crippen LogP contribution >= 0.6 is 0 Å². The third-order valence-electron chi connectivity index (χ3n) is 9.69. The molecule has 0 aromatic heterocycles. The summed E-state index contributed by atoms with van der Waals surface area (Å²) in [6.07, 6.45) is 0. The van der Waals surface area contributed by atoms with E-state index in [4.69, 9.17) is 0 Å². The minimum absolute atomic E-state index is 0.220. The molecule has 0 saturated carbocycles. The number of aromatic hydroxyl groups is 2. The maximum absolute atomic E-state index is 12.2. The van der Waals surface area contributed by atoms with Gasteiger partial charge in [-0.2, -0.15) is 0 Å². The Morgan fingerprint density at radius 2 is 0.690 bits per heavy atom. The van der Waals surface area contributed by atoms with E-state index in [1.54, 1.807) is 0 Å². The van der Waals surface area contributed by atoms with E-state index in [9.17, 15) is 10.2 Å². The van der Waals surface area contributed by atoms with Gasteiger partial charge in [-0.1, -0.05) is 97.1 Å².